The molecule has 1 saturated carbocycles. The molecule has 1 fully saturated rings. The molecule has 3 N–H and O–H groups in total. The molecule has 3 unspecified atom stereocenters. The lowest BCUT2D eigenvalue weighted by molar-refractivity contribution is -0.150. The number of benzene rings is 2. The second kappa shape index (κ2) is 13.4. The molecule has 1 aliphatic heterocycles. The van der Waals surface area contributed by atoms with Gasteiger partial charge in [0.2, 0.25) is 11.8 Å². The molecule has 1 aliphatic carbocycles. The van der Waals surface area contributed by atoms with Crippen molar-refractivity contribution in [3.8, 4) is 0 Å². The zero-order valence-electron chi connectivity index (χ0n) is 21.8. The maximum absolute atomic E-state index is 13.4. The third-order valence-corrected chi connectivity index (χ3v) is 7.65. The largest absolute Gasteiger partial charge is 0.463 e. The van der Waals surface area contributed by atoms with Crippen molar-refractivity contribution in [1.29, 1.82) is 0 Å². The number of hydrogen-bond donors (Lipinski definition) is 3. The van der Waals surface area contributed by atoms with Gasteiger partial charge in [0.05, 0.1) is 30.0 Å². The van der Waals surface area contributed by atoms with Gasteiger partial charge in [0.15, 0.2) is 0 Å². The summed E-state index contributed by atoms with van der Waals surface area (Å²) in [5.41, 5.74) is 1.30. The van der Waals surface area contributed by atoms with Crippen molar-refractivity contribution < 1.29 is 24.2 Å². The summed E-state index contributed by atoms with van der Waals surface area (Å²) in [6, 6.07) is 18.7. The number of carbonyl (C=O) groups excluding carboxylic acids is 3. The van der Waals surface area contributed by atoms with E-state index in [1.165, 1.54) is 0 Å². The Balaban J connectivity index is 1.53. The van der Waals surface area contributed by atoms with Crippen LogP contribution in [-0.2, 0) is 25.5 Å². The third-order valence-electron chi connectivity index (χ3n) is 7.65. The number of rotatable bonds is 7. The predicted molar refractivity (Wildman–Crippen MR) is 145 cm³/mol. The van der Waals surface area contributed by atoms with Crippen LogP contribution in [0, 0.1) is 11.8 Å². The molecule has 38 heavy (non-hydrogen) atoms. The van der Waals surface area contributed by atoms with Gasteiger partial charge >= 0.3 is 5.97 Å². The van der Waals surface area contributed by atoms with Gasteiger partial charge in [-0.05, 0) is 43.2 Å². The van der Waals surface area contributed by atoms with Crippen molar-refractivity contribution in [2.24, 2.45) is 11.8 Å². The predicted octanol–water partition coefficient (Wildman–Crippen LogP) is 4.02. The molecule has 0 bridgehead atoms. The van der Waals surface area contributed by atoms with E-state index in [0.717, 1.165) is 36.8 Å². The van der Waals surface area contributed by atoms with Crippen LogP contribution < -0.4 is 10.6 Å². The number of amides is 2. The Morgan fingerprint density at radius 1 is 0.947 bits per heavy atom. The quantitative estimate of drug-likeness (QED) is 0.379. The highest BCUT2D eigenvalue weighted by atomic mass is 16.5. The fraction of sp³-hybridized carbons (Fsp3) is 0.452. The molecular weight excluding hydrogens is 480 g/mol. The first-order valence-corrected chi connectivity index (χ1v) is 13.6. The molecule has 2 aromatic rings. The van der Waals surface area contributed by atoms with Crippen LogP contribution >= 0.6 is 0 Å². The van der Waals surface area contributed by atoms with Crippen LogP contribution in [0.1, 0.15) is 62.1 Å². The van der Waals surface area contributed by atoms with Crippen molar-refractivity contribution in [3.05, 3.63) is 83.9 Å². The number of carbonyl (C=O) groups is 3. The Bertz CT molecular complexity index is 1100. The highest BCUT2D eigenvalue weighted by Crippen LogP contribution is 2.29. The summed E-state index contributed by atoms with van der Waals surface area (Å²) in [5.74, 6) is -1.73. The van der Waals surface area contributed by atoms with E-state index in [2.05, 4.69) is 10.6 Å². The first-order valence-electron chi connectivity index (χ1n) is 13.6. The maximum atomic E-state index is 13.4. The van der Waals surface area contributed by atoms with Crippen LogP contribution in [0.2, 0.25) is 0 Å². The molecule has 2 aromatic carbocycles. The molecule has 0 radical (unpaired) electrons. The number of esters is 1. The molecule has 7 nitrogen and oxygen atoms in total. The molecule has 7 heteroatoms. The van der Waals surface area contributed by atoms with E-state index >= 15 is 0 Å². The molecule has 0 spiro atoms. The summed E-state index contributed by atoms with van der Waals surface area (Å²) in [6.07, 6.45) is 8.66. The van der Waals surface area contributed by atoms with Crippen LogP contribution in [0.25, 0.3) is 0 Å². The number of cyclic esters (lactones) is 1. The Kier molecular flexibility index (Phi) is 9.71. The molecule has 202 valence electrons. The van der Waals surface area contributed by atoms with Gasteiger partial charge in [-0.15, -0.1) is 0 Å². The van der Waals surface area contributed by atoms with Gasteiger partial charge in [-0.1, -0.05) is 85.7 Å². The molecule has 0 aromatic heterocycles. The smallest absolute Gasteiger partial charge is 0.309 e. The number of aliphatic hydroxyl groups is 1. The monoisotopic (exact) mass is 518 g/mol. The van der Waals surface area contributed by atoms with Gasteiger partial charge in [0.1, 0.15) is 6.61 Å². The first-order chi connectivity index (χ1) is 18.5. The number of allylic oxidation sites excluding steroid dienone is 2. The minimum absolute atomic E-state index is 0.0101. The Labute approximate surface area is 224 Å². The van der Waals surface area contributed by atoms with Crippen molar-refractivity contribution in [3.63, 3.8) is 0 Å². The maximum Gasteiger partial charge on any atom is 0.309 e. The van der Waals surface area contributed by atoms with E-state index in [9.17, 15) is 19.5 Å². The van der Waals surface area contributed by atoms with E-state index in [4.69, 9.17) is 4.74 Å². The minimum Gasteiger partial charge on any atom is -0.463 e. The zero-order chi connectivity index (χ0) is 26.8. The van der Waals surface area contributed by atoms with E-state index in [-0.39, 0.29) is 43.3 Å². The van der Waals surface area contributed by atoms with Gasteiger partial charge in [-0.3, -0.25) is 14.4 Å². The molecule has 2 amide bonds. The fourth-order valence-electron chi connectivity index (χ4n) is 5.39. The second-order valence-corrected chi connectivity index (χ2v) is 10.5. The van der Waals surface area contributed by atoms with Crippen LogP contribution in [0.5, 0.6) is 0 Å². The number of nitrogens with one attached hydrogen (secondary N) is 2. The lowest BCUT2D eigenvalue weighted by Gasteiger charge is -2.29. The minimum atomic E-state index is -0.586. The Hall–Kier alpha value is -3.45. The summed E-state index contributed by atoms with van der Waals surface area (Å²) in [4.78, 5) is 39.5. The topological polar surface area (TPSA) is 105 Å². The SMILES string of the molecule is O=C(CC1CC=CCC(Cc2ccccc2)C(=O)OCC(c2ccccc2)NC1=O)NC1(CO)CCCC1. The highest BCUT2D eigenvalue weighted by Gasteiger charge is 2.36. The summed E-state index contributed by atoms with van der Waals surface area (Å²) in [7, 11) is 0. The van der Waals surface area contributed by atoms with E-state index < -0.39 is 17.5 Å². The standard InChI is InChI=1S/C31H38N2O5/c34-22-31(17-9-10-18-31)33-28(35)20-25-15-7-8-16-26(19-23-11-3-1-4-12-23)30(37)38-21-27(32-29(25)36)24-13-5-2-6-14-24/h1-8,11-14,25-27,34H,9-10,15-22H2,(H,32,36)(H,33,35). The number of ether oxygens (including phenoxy) is 1. The van der Waals surface area contributed by atoms with Crippen LogP contribution in [0.3, 0.4) is 0 Å². The average molecular weight is 519 g/mol. The normalized spacial score (nSPS) is 24.0. The van der Waals surface area contributed by atoms with E-state index in [1.54, 1.807) is 0 Å². The van der Waals surface area contributed by atoms with Gasteiger partial charge < -0.3 is 20.5 Å². The van der Waals surface area contributed by atoms with E-state index in [0.29, 0.717) is 19.3 Å². The van der Waals surface area contributed by atoms with Crippen LogP contribution in [-0.4, -0.2) is 41.6 Å². The van der Waals surface area contributed by atoms with Crippen molar-refractivity contribution in [1.82, 2.24) is 10.6 Å². The summed E-state index contributed by atoms with van der Waals surface area (Å²) in [5, 5.41) is 15.9. The molecule has 2 aliphatic rings. The summed E-state index contributed by atoms with van der Waals surface area (Å²) in [6.45, 7) is -0.0874. The van der Waals surface area contributed by atoms with Crippen LogP contribution in [0.15, 0.2) is 72.8 Å². The van der Waals surface area contributed by atoms with Crippen molar-refractivity contribution >= 4 is 17.8 Å². The number of aliphatic hydroxyl groups excluding tert-OH is 1. The average Bonchev–Trinajstić information content (AvgIpc) is 3.40. The number of hydrogen-bond acceptors (Lipinski definition) is 5. The van der Waals surface area contributed by atoms with Crippen molar-refractivity contribution in [2.45, 2.75) is 62.9 Å². The molecule has 0 saturated heterocycles. The summed E-state index contributed by atoms with van der Waals surface area (Å²) >= 11 is 0. The van der Waals surface area contributed by atoms with Crippen LogP contribution in [0.4, 0.5) is 0 Å². The van der Waals surface area contributed by atoms with E-state index in [1.807, 2.05) is 72.8 Å². The van der Waals surface area contributed by atoms with Gasteiger partial charge in [0, 0.05) is 6.42 Å². The van der Waals surface area contributed by atoms with Crippen molar-refractivity contribution in [2.75, 3.05) is 13.2 Å². The Morgan fingerprint density at radius 2 is 1.58 bits per heavy atom. The second-order valence-electron chi connectivity index (χ2n) is 10.5. The zero-order valence-corrected chi connectivity index (χ0v) is 21.8. The molecule has 3 atom stereocenters. The Morgan fingerprint density at radius 3 is 2.24 bits per heavy atom. The molecule has 1 heterocycles. The molecule has 4 rings (SSSR count). The first kappa shape index (κ1) is 27.6. The van der Waals surface area contributed by atoms with Gasteiger partial charge in [0.25, 0.3) is 0 Å². The molecular formula is C31H38N2O5. The lowest BCUT2D eigenvalue weighted by Crippen LogP contribution is -2.50. The third kappa shape index (κ3) is 7.54. The summed E-state index contributed by atoms with van der Waals surface area (Å²) < 4.78 is 5.75. The fourth-order valence-corrected chi connectivity index (χ4v) is 5.39. The van der Waals surface area contributed by atoms with Gasteiger partial charge in [-0.2, -0.15) is 0 Å². The highest BCUT2D eigenvalue weighted by molar-refractivity contribution is 5.86. The van der Waals surface area contributed by atoms with Gasteiger partial charge in [-0.25, -0.2) is 0 Å². The lowest BCUT2D eigenvalue weighted by atomic mass is 9.93.